The van der Waals surface area contributed by atoms with Crippen molar-refractivity contribution in [1.29, 1.82) is 0 Å². The van der Waals surface area contributed by atoms with Crippen LogP contribution >= 0.6 is 0 Å². The summed E-state index contributed by atoms with van der Waals surface area (Å²) >= 11 is 0. The zero-order valence-electron chi connectivity index (χ0n) is 12.7. The molecule has 1 aliphatic rings. The molecule has 1 aromatic carbocycles. The van der Waals surface area contributed by atoms with Crippen molar-refractivity contribution in [3.05, 3.63) is 35.9 Å². The number of ether oxygens (including phenoxy) is 1. The van der Waals surface area contributed by atoms with Gasteiger partial charge < -0.3 is 20.1 Å². The Morgan fingerprint density at radius 3 is 2.50 bits per heavy atom. The second-order valence-corrected chi connectivity index (χ2v) is 5.83. The van der Waals surface area contributed by atoms with E-state index in [-0.39, 0.29) is 24.7 Å². The first-order valence-electron chi connectivity index (χ1n) is 7.41. The van der Waals surface area contributed by atoms with Gasteiger partial charge in [-0.1, -0.05) is 30.3 Å². The van der Waals surface area contributed by atoms with Gasteiger partial charge in [0.05, 0.1) is 6.54 Å². The van der Waals surface area contributed by atoms with Crippen molar-refractivity contribution in [2.45, 2.75) is 31.9 Å². The highest BCUT2D eigenvalue weighted by molar-refractivity contribution is 5.71. The van der Waals surface area contributed by atoms with Crippen LogP contribution in [0.4, 0.5) is 4.79 Å². The lowest BCUT2D eigenvalue weighted by Crippen LogP contribution is -2.53. The van der Waals surface area contributed by atoms with Crippen LogP contribution in [0, 0.1) is 0 Å². The third-order valence-corrected chi connectivity index (χ3v) is 4.04. The Balaban J connectivity index is 1.71. The van der Waals surface area contributed by atoms with E-state index in [0.29, 0.717) is 25.9 Å². The Labute approximate surface area is 130 Å². The van der Waals surface area contributed by atoms with Crippen LogP contribution in [-0.2, 0) is 16.1 Å². The predicted molar refractivity (Wildman–Crippen MR) is 81.5 cm³/mol. The molecule has 0 saturated carbocycles. The highest BCUT2D eigenvalue weighted by Crippen LogP contribution is 2.21. The third kappa shape index (κ3) is 4.73. The van der Waals surface area contributed by atoms with Crippen molar-refractivity contribution < 1.29 is 19.4 Å². The largest absolute Gasteiger partial charge is 0.465 e. The van der Waals surface area contributed by atoms with E-state index >= 15 is 0 Å². The molecule has 1 heterocycles. The summed E-state index contributed by atoms with van der Waals surface area (Å²) in [4.78, 5) is 24.1. The van der Waals surface area contributed by atoms with Gasteiger partial charge in [-0.3, -0.25) is 4.79 Å². The lowest BCUT2D eigenvalue weighted by molar-refractivity contribution is -0.144. The Morgan fingerprint density at radius 2 is 1.91 bits per heavy atom. The van der Waals surface area contributed by atoms with Crippen molar-refractivity contribution in [1.82, 2.24) is 10.2 Å². The van der Waals surface area contributed by atoms with Gasteiger partial charge >= 0.3 is 12.1 Å². The third-order valence-electron chi connectivity index (χ3n) is 4.04. The average Bonchev–Trinajstić information content (AvgIpc) is 2.52. The molecule has 1 aromatic rings. The quantitative estimate of drug-likeness (QED) is 0.812. The van der Waals surface area contributed by atoms with Crippen molar-refractivity contribution >= 4 is 12.1 Å². The van der Waals surface area contributed by atoms with Crippen LogP contribution in [0.15, 0.2) is 30.3 Å². The molecule has 6 nitrogen and oxygen atoms in total. The number of likely N-dealkylation sites (tertiary alicyclic amines) is 1. The highest BCUT2D eigenvalue weighted by Gasteiger charge is 2.31. The molecule has 2 N–H and O–H groups in total. The van der Waals surface area contributed by atoms with Gasteiger partial charge in [0.25, 0.3) is 0 Å². The molecule has 0 spiro atoms. The minimum atomic E-state index is -0.885. The molecule has 22 heavy (non-hydrogen) atoms. The zero-order chi connectivity index (χ0) is 16.0. The number of amides is 1. The fourth-order valence-electron chi connectivity index (χ4n) is 2.44. The first kappa shape index (κ1) is 16.3. The molecule has 0 atom stereocenters. The van der Waals surface area contributed by atoms with Gasteiger partial charge in [0, 0.05) is 18.6 Å². The van der Waals surface area contributed by atoms with E-state index in [1.54, 1.807) is 0 Å². The number of nitrogens with one attached hydrogen (secondary N) is 1. The van der Waals surface area contributed by atoms with Gasteiger partial charge in [-0.05, 0) is 25.3 Å². The topological polar surface area (TPSA) is 78.9 Å². The maximum Gasteiger partial charge on any atom is 0.407 e. The molecule has 0 radical (unpaired) electrons. The number of carbonyl (C=O) groups is 2. The molecular formula is C16H22N2O4. The summed E-state index contributed by atoms with van der Waals surface area (Å²) < 4.78 is 5.22. The van der Waals surface area contributed by atoms with Gasteiger partial charge in [0.2, 0.25) is 0 Å². The molecule has 0 bridgehead atoms. The van der Waals surface area contributed by atoms with Crippen LogP contribution in [0.5, 0.6) is 0 Å². The van der Waals surface area contributed by atoms with Crippen molar-refractivity contribution in [2.75, 3.05) is 19.6 Å². The molecule has 1 fully saturated rings. The van der Waals surface area contributed by atoms with Gasteiger partial charge in [-0.25, -0.2) is 4.79 Å². The van der Waals surface area contributed by atoms with E-state index in [0.717, 1.165) is 5.56 Å². The lowest BCUT2D eigenvalue weighted by atomic mass is 9.90. The number of nitrogens with zero attached hydrogens (tertiary/aromatic N) is 1. The monoisotopic (exact) mass is 306 g/mol. The summed E-state index contributed by atoms with van der Waals surface area (Å²) in [6.45, 7) is 3.38. The molecule has 0 unspecified atom stereocenters. The fraction of sp³-hybridized carbons (Fsp3) is 0.500. The van der Waals surface area contributed by atoms with E-state index in [9.17, 15) is 9.59 Å². The standard InChI is InChI=1S/C16H22N2O4/c1-16(7-9-18(10-8-16)15(20)21)17-11-14(19)22-12-13-5-3-2-4-6-13/h2-6,17H,7-12H2,1H3,(H,20,21). The summed E-state index contributed by atoms with van der Waals surface area (Å²) in [6, 6.07) is 9.53. The number of carbonyl (C=O) groups excluding carboxylic acids is 1. The predicted octanol–water partition coefficient (Wildman–Crippen LogP) is 1.85. The van der Waals surface area contributed by atoms with Crippen LogP contribution in [0.2, 0.25) is 0 Å². The molecule has 1 amide bonds. The first-order valence-corrected chi connectivity index (χ1v) is 7.41. The molecule has 0 aromatic heterocycles. The van der Waals surface area contributed by atoms with E-state index in [4.69, 9.17) is 9.84 Å². The van der Waals surface area contributed by atoms with Crippen molar-refractivity contribution in [3.8, 4) is 0 Å². The first-order chi connectivity index (χ1) is 10.5. The Morgan fingerprint density at radius 1 is 1.27 bits per heavy atom. The Hall–Kier alpha value is -2.08. The second kappa shape index (κ2) is 7.26. The fourth-order valence-corrected chi connectivity index (χ4v) is 2.44. The SMILES string of the molecule is CC1(NCC(=O)OCc2ccccc2)CCN(C(=O)O)CC1. The highest BCUT2D eigenvalue weighted by atomic mass is 16.5. The van der Waals surface area contributed by atoms with E-state index < -0.39 is 6.09 Å². The molecular weight excluding hydrogens is 284 g/mol. The zero-order valence-corrected chi connectivity index (χ0v) is 12.7. The Kier molecular flexibility index (Phi) is 5.38. The molecule has 6 heteroatoms. The number of hydrogen-bond acceptors (Lipinski definition) is 4. The number of piperidine rings is 1. The van der Waals surface area contributed by atoms with E-state index in [1.165, 1.54) is 4.90 Å². The maximum atomic E-state index is 11.8. The summed E-state index contributed by atoms with van der Waals surface area (Å²) in [5.41, 5.74) is 0.731. The summed E-state index contributed by atoms with van der Waals surface area (Å²) in [5.74, 6) is -0.300. The summed E-state index contributed by atoms with van der Waals surface area (Å²) in [7, 11) is 0. The van der Waals surface area contributed by atoms with Crippen molar-refractivity contribution in [2.24, 2.45) is 0 Å². The van der Waals surface area contributed by atoms with E-state index in [2.05, 4.69) is 5.32 Å². The number of benzene rings is 1. The van der Waals surface area contributed by atoms with Crippen LogP contribution in [0.25, 0.3) is 0 Å². The normalized spacial score (nSPS) is 17.0. The van der Waals surface area contributed by atoms with Gasteiger partial charge in [-0.15, -0.1) is 0 Å². The summed E-state index contributed by atoms with van der Waals surface area (Å²) in [5, 5.41) is 12.1. The molecule has 1 saturated heterocycles. The second-order valence-electron chi connectivity index (χ2n) is 5.83. The summed E-state index contributed by atoms with van der Waals surface area (Å²) in [6.07, 6.45) is 0.487. The molecule has 1 aliphatic heterocycles. The van der Waals surface area contributed by atoms with Crippen molar-refractivity contribution in [3.63, 3.8) is 0 Å². The van der Waals surface area contributed by atoms with Gasteiger partial charge in [0.1, 0.15) is 6.61 Å². The van der Waals surface area contributed by atoms with E-state index in [1.807, 2.05) is 37.3 Å². The number of carboxylic acid groups (broad SMARTS) is 1. The molecule has 2 rings (SSSR count). The minimum Gasteiger partial charge on any atom is -0.465 e. The molecule has 120 valence electrons. The van der Waals surface area contributed by atoms with Crippen LogP contribution in [0.3, 0.4) is 0 Å². The number of esters is 1. The van der Waals surface area contributed by atoms with Crippen LogP contribution in [0.1, 0.15) is 25.3 Å². The molecule has 0 aliphatic carbocycles. The average molecular weight is 306 g/mol. The van der Waals surface area contributed by atoms with Gasteiger partial charge in [-0.2, -0.15) is 0 Å². The van der Waals surface area contributed by atoms with Crippen LogP contribution < -0.4 is 5.32 Å². The number of rotatable bonds is 5. The minimum absolute atomic E-state index is 0.135. The Bertz CT molecular complexity index is 510. The lowest BCUT2D eigenvalue weighted by Gasteiger charge is -2.38. The maximum absolute atomic E-state index is 11.8. The van der Waals surface area contributed by atoms with Crippen LogP contribution in [-0.4, -0.2) is 47.2 Å². The number of hydrogen-bond donors (Lipinski definition) is 2. The smallest absolute Gasteiger partial charge is 0.407 e. The van der Waals surface area contributed by atoms with Gasteiger partial charge in [0.15, 0.2) is 0 Å².